The van der Waals surface area contributed by atoms with Crippen LogP contribution in [0.4, 0.5) is 5.69 Å². The smallest absolute Gasteiger partial charge is 0.232 e. The molecule has 2 unspecified atom stereocenters. The summed E-state index contributed by atoms with van der Waals surface area (Å²) in [6.45, 7) is 4.95. The van der Waals surface area contributed by atoms with Gasteiger partial charge >= 0.3 is 0 Å². The van der Waals surface area contributed by atoms with Crippen LogP contribution in [0, 0.1) is 12.8 Å². The number of hydrogen-bond acceptors (Lipinski definition) is 5. The van der Waals surface area contributed by atoms with Crippen molar-refractivity contribution in [2.75, 3.05) is 11.9 Å². The third kappa shape index (κ3) is 5.13. The molecule has 1 N–H and O–H groups in total. The standard InChI is InChI=1S/C19H25N3O3/c1-3-16-10-14(8-9-24-16)11-19-21-17(22-25-19)12-18(23)20-15-6-4-13(2)5-7-15/h4-7,14,16H,3,8-12H2,1-2H3,(H,20,23). The molecule has 3 rings (SSSR count). The fourth-order valence-electron chi connectivity index (χ4n) is 3.11. The normalized spacial score (nSPS) is 20.4. The van der Waals surface area contributed by atoms with Gasteiger partial charge in [0.2, 0.25) is 11.8 Å². The average molecular weight is 343 g/mol. The Kier molecular flexibility index (Phi) is 5.81. The monoisotopic (exact) mass is 343 g/mol. The van der Waals surface area contributed by atoms with Crippen LogP contribution in [0.3, 0.4) is 0 Å². The number of amides is 1. The molecule has 2 heterocycles. The number of hydrogen-bond donors (Lipinski definition) is 1. The van der Waals surface area contributed by atoms with Crippen LogP contribution in [0.15, 0.2) is 28.8 Å². The Bertz CT molecular complexity index is 696. The minimum Gasteiger partial charge on any atom is -0.378 e. The van der Waals surface area contributed by atoms with Gasteiger partial charge in [-0.2, -0.15) is 4.98 Å². The van der Waals surface area contributed by atoms with Crippen molar-refractivity contribution < 1.29 is 14.1 Å². The molecule has 1 aliphatic heterocycles. The highest BCUT2D eigenvalue weighted by Crippen LogP contribution is 2.25. The van der Waals surface area contributed by atoms with Crippen molar-refractivity contribution in [1.29, 1.82) is 0 Å². The molecular formula is C19H25N3O3. The highest BCUT2D eigenvalue weighted by atomic mass is 16.5. The Balaban J connectivity index is 1.51. The van der Waals surface area contributed by atoms with Gasteiger partial charge in [-0.3, -0.25) is 4.79 Å². The van der Waals surface area contributed by atoms with Crippen molar-refractivity contribution in [3.8, 4) is 0 Å². The Labute approximate surface area is 148 Å². The predicted octanol–water partition coefficient (Wildman–Crippen LogP) is 3.31. The van der Waals surface area contributed by atoms with E-state index < -0.39 is 0 Å². The van der Waals surface area contributed by atoms with E-state index in [1.54, 1.807) is 0 Å². The van der Waals surface area contributed by atoms with Gasteiger partial charge in [-0.15, -0.1) is 0 Å². The fraction of sp³-hybridized carbons (Fsp3) is 0.526. The first kappa shape index (κ1) is 17.6. The lowest BCUT2D eigenvalue weighted by atomic mass is 9.91. The highest BCUT2D eigenvalue weighted by Gasteiger charge is 2.23. The molecule has 0 bridgehead atoms. The minimum atomic E-state index is -0.145. The maximum absolute atomic E-state index is 12.1. The summed E-state index contributed by atoms with van der Waals surface area (Å²) >= 11 is 0. The van der Waals surface area contributed by atoms with Crippen LogP contribution in [0.25, 0.3) is 0 Å². The van der Waals surface area contributed by atoms with Gasteiger partial charge in [-0.1, -0.05) is 29.8 Å². The molecule has 25 heavy (non-hydrogen) atoms. The zero-order valence-electron chi connectivity index (χ0n) is 14.8. The molecule has 6 heteroatoms. The first-order chi connectivity index (χ1) is 12.1. The quantitative estimate of drug-likeness (QED) is 0.871. The number of rotatable bonds is 6. The van der Waals surface area contributed by atoms with Crippen LogP contribution in [0.2, 0.25) is 0 Å². The average Bonchev–Trinajstić information content (AvgIpc) is 3.04. The number of carbonyl (C=O) groups is 1. The van der Waals surface area contributed by atoms with Gasteiger partial charge in [0.1, 0.15) is 0 Å². The van der Waals surface area contributed by atoms with Crippen molar-refractivity contribution in [1.82, 2.24) is 10.1 Å². The molecular weight excluding hydrogens is 318 g/mol. The van der Waals surface area contributed by atoms with E-state index in [0.29, 0.717) is 23.7 Å². The topological polar surface area (TPSA) is 77.3 Å². The second-order valence-corrected chi connectivity index (χ2v) is 6.69. The maximum atomic E-state index is 12.1. The van der Waals surface area contributed by atoms with Gasteiger partial charge in [0.15, 0.2) is 5.82 Å². The Hall–Kier alpha value is -2.21. The first-order valence-electron chi connectivity index (χ1n) is 8.92. The summed E-state index contributed by atoms with van der Waals surface area (Å²) in [5.74, 6) is 1.40. The molecule has 0 aliphatic carbocycles. The SMILES string of the molecule is CCC1CC(Cc2nc(CC(=O)Nc3ccc(C)cc3)no2)CCO1. The summed E-state index contributed by atoms with van der Waals surface area (Å²) in [6.07, 6.45) is 4.28. The van der Waals surface area contributed by atoms with E-state index in [-0.39, 0.29) is 12.3 Å². The molecule has 0 saturated carbocycles. The van der Waals surface area contributed by atoms with Crippen molar-refractivity contribution in [2.45, 2.75) is 52.1 Å². The van der Waals surface area contributed by atoms with E-state index in [1.807, 2.05) is 31.2 Å². The van der Waals surface area contributed by atoms with Crippen molar-refractivity contribution in [2.24, 2.45) is 5.92 Å². The Morgan fingerprint density at radius 3 is 2.88 bits per heavy atom. The van der Waals surface area contributed by atoms with E-state index in [2.05, 4.69) is 22.4 Å². The van der Waals surface area contributed by atoms with Gasteiger partial charge in [-0.25, -0.2) is 0 Å². The van der Waals surface area contributed by atoms with Crippen LogP contribution in [-0.4, -0.2) is 28.8 Å². The summed E-state index contributed by atoms with van der Waals surface area (Å²) in [7, 11) is 0. The molecule has 1 aliphatic rings. The van der Waals surface area contributed by atoms with E-state index in [4.69, 9.17) is 9.26 Å². The zero-order valence-corrected chi connectivity index (χ0v) is 14.8. The lowest BCUT2D eigenvalue weighted by Crippen LogP contribution is -2.26. The predicted molar refractivity (Wildman–Crippen MR) is 94.3 cm³/mol. The number of anilines is 1. The van der Waals surface area contributed by atoms with Crippen LogP contribution >= 0.6 is 0 Å². The Morgan fingerprint density at radius 1 is 1.32 bits per heavy atom. The van der Waals surface area contributed by atoms with E-state index in [1.165, 1.54) is 0 Å². The molecule has 6 nitrogen and oxygen atoms in total. The Morgan fingerprint density at radius 2 is 2.12 bits per heavy atom. The second-order valence-electron chi connectivity index (χ2n) is 6.69. The molecule has 0 radical (unpaired) electrons. The molecule has 1 amide bonds. The van der Waals surface area contributed by atoms with Gasteiger partial charge in [0.05, 0.1) is 12.5 Å². The second kappa shape index (κ2) is 8.25. The van der Waals surface area contributed by atoms with E-state index >= 15 is 0 Å². The fourth-order valence-corrected chi connectivity index (χ4v) is 3.11. The van der Waals surface area contributed by atoms with Crippen LogP contribution in [0.5, 0.6) is 0 Å². The molecule has 2 atom stereocenters. The van der Waals surface area contributed by atoms with Crippen LogP contribution in [-0.2, 0) is 22.4 Å². The molecule has 1 saturated heterocycles. The van der Waals surface area contributed by atoms with E-state index in [0.717, 1.165) is 43.5 Å². The van der Waals surface area contributed by atoms with Crippen molar-refractivity contribution in [3.05, 3.63) is 41.5 Å². The molecule has 0 spiro atoms. The first-order valence-corrected chi connectivity index (χ1v) is 8.92. The number of carbonyl (C=O) groups excluding carboxylic acids is 1. The number of benzene rings is 1. The van der Waals surface area contributed by atoms with Gasteiger partial charge in [-0.05, 0) is 44.2 Å². The highest BCUT2D eigenvalue weighted by molar-refractivity contribution is 5.91. The summed E-state index contributed by atoms with van der Waals surface area (Å²) in [6, 6.07) is 7.67. The summed E-state index contributed by atoms with van der Waals surface area (Å²) in [5.41, 5.74) is 1.92. The lowest BCUT2D eigenvalue weighted by molar-refractivity contribution is -0.115. The van der Waals surface area contributed by atoms with Gasteiger partial charge in [0, 0.05) is 18.7 Å². The summed E-state index contributed by atoms with van der Waals surface area (Å²) in [4.78, 5) is 16.5. The molecule has 1 aromatic heterocycles. The molecule has 2 aromatic rings. The minimum absolute atomic E-state index is 0.114. The maximum Gasteiger partial charge on any atom is 0.232 e. The van der Waals surface area contributed by atoms with Crippen LogP contribution < -0.4 is 5.32 Å². The third-order valence-corrected chi connectivity index (χ3v) is 4.56. The van der Waals surface area contributed by atoms with Gasteiger partial charge < -0.3 is 14.6 Å². The van der Waals surface area contributed by atoms with Crippen molar-refractivity contribution in [3.63, 3.8) is 0 Å². The number of aromatic nitrogens is 2. The molecule has 1 aromatic carbocycles. The number of aryl methyl sites for hydroxylation is 1. The zero-order chi connectivity index (χ0) is 17.6. The summed E-state index contributed by atoms with van der Waals surface area (Å²) in [5, 5.41) is 6.78. The van der Waals surface area contributed by atoms with Gasteiger partial charge in [0.25, 0.3) is 0 Å². The van der Waals surface area contributed by atoms with E-state index in [9.17, 15) is 4.79 Å². The number of nitrogens with zero attached hydrogens (tertiary/aromatic N) is 2. The lowest BCUT2D eigenvalue weighted by Gasteiger charge is -2.27. The molecule has 1 fully saturated rings. The third-order valence-electron chi connectivity index (χ3n) is 4.56. The van der Waals surface area contributed by atoms with Crippen molar-refractivity contribution >= 4 is 11.6 Å². The summed E-state index contributed by atoms with van der Waals surface area (Å²) < 4.78 is 11.0. The number of nitrogens with one attached hydrogen (secondary N) is 1. The largest absolute Gasteiger partial charge is 0.378 e. The molecule has 134 valence electrons. The van der Waals surface area contributed by atoms with Crippen LogP contribution in [0.1, 0.15) is 43.5 Å². The number of ether oxygens (including phenoxy) is 1.